The third-order valence-electron chi connectivity index (χ3n) is 4.84. The zero-order chi connectivity index (χ0) is 18.8. The van der Waals surface area contributed by atoms with Crippen LogP contribution in [0.25, 0.3) is 0 Å². The molecule has 0 aliphatic carbocycles. The molecule has 0 aliphatic rings. The van der Waals surface area contributed by atoms with Crippen LogP contribution >= 0.6 is 35.9 Å². The van der Waals surface area contributed by atoms with Crippen molar-refractivity contribution in [3.05, 3.63) is 94.5 Å². The Morgan fingerprint density at radius 3 is 1.58 bits per heavy atom. The van der Waals surface area contributed by atoms with Crippen LogP contribution in [-0.2, 0) is 5.41 Å². The van der Waals surface area contributed by atoms with E-state index in [1.165, 1.54) is 12.7 Å². The van der Waals surface area contributed by atoms with Crippen LogP contribution in [0, 0.1) is 0 Å². The number of benzene rings is 3. The van der Waals surface area contributed by atoms with Gasteiger partial charge in [-0.3, -0.25) is 0 Å². The van der Waals surface area contributed by atoms with Gasteiger partial charge in [0.15, 0.2) is 0 Å². The Kier molecular flexibility index (Phi) is 6.44. The second-order valence-electron chi connectivity index (χ2n) is 7.24. The van der Waals surface area contributed by atoms with Crippen LogP contribution in [0.5, 0.6) is 0 Å². The first kappa shape index (κ1) is 20.3. The van der Waals surface area contributed by atoms with Crippen molar-refractivity contribution in [1.82, 2.24) is 0 Å². The molecule has 0 atom stereocenters. The summed E-state index contributed by atoms with van der Waals surface area (Å²) in [4.78, 5) is 0. The second-order valence-corrected chi connectivity index (χ2v) is 26.1. The van der Waals surface area contributed by atoms with Crippen molar-refractivity contribution >= 4 is 59.2 Å². The molecule has 3 aromatic carbocycles. The van der Waals surface area contributed by atoms with Crippen molar-refractivity contribution in [3.63, 3.8) is 0 Å². The first-order valence-corrected chi connectivity index (χ1v) is 20.6. The van der Waals surface area contributed by atoms with Gasteiger partial charge in [-0.2, -0.15) is 0 Å². The summed E-state index contributed by atoms with van der Waals surface area (Å²) in [5.41, 5.74) is 1.42. The number of halogens is 3. The molecule has 3 rings (SSSR count). The third kappa shape index (κ3) is 4.49. The van der Waals surface area contributed by atoms with E-state index < -0.39 is 16.2 Å². The molecule has 0 unspecified atom stereocenters. The Labute approximate surface area is 176 Å². The van der Waals surface area contributed by atoms with Crippen LogP contribution in [0.4, 0.5) is 0 Å². The van der Waals surface area contributed by atoms with E-state index in [0.29, 0.717) is 0 Å². The van der Waals surface area contributed by atoms with E-state index >= 15 is 0 Å². The Morgan fingerprint density at radius 2 is 1.15 bits per heavy atom. The van der Waals surface area contributed by atoms with Gasteiger partial charge in [-0.25, -0.2) is 0 Å². The van der Waals surface area contributed by atoms with Crippen molar-refractivity contribution < 1.29 is 0 Å². The molecule has 0 heterocycles. The molecule has 0 saturated heterocycles. The van der Waals surface area contributed by atoms with Crippen LogP contribution in [0.1, 0.15) is 19.4 Å². The summed E-state index contributed by atoms with van der Waals surface area (Å²) in [6.07, 6.45) is 0. The molecule has 0 fully saturated rings. The van der Waals surface area contributed by atoms with Crippen molar-refractivity contribution in [2.45, 2.75) is 23.7 Å². The fourth-order valence-electron chi connectivity index (χ4n) is 3.40. The summed E-state index contributed by atoms with van der Waals surface area (Å²) in [5, 5.41) is 1.54. The molecular weight excluding hydrogens is 534 g/mol. The number of rotatable bonds is 5. The maximum atomic E-state index is 6.15. The van der Waals surface area contributed by atoms with Crippen molar-refractivity contribution in [2.75, 3.05) is 0 Å². The number of hydrogen-bond acceptors (Lipinski definition) is 0. The van der Waals surface area contributed by atoms with Gasteiger partial charge in [0.2, 0.25) is 0 Å². The van der Waals surface area contributed by atoms with Gasteiger partial charge in [0.05, 0.1) is 0 Å². The molecule has 0 aromatic heterocycles. The van der Waals surface area contributed by atoms with Crippen LogP contribution < -0.4 is 7.16 Å². The van der Waals surface area contributed by atoms with E-state index in [0.717, 1.165) is 14.5 Å². The Hall–Kier alpha value is -0.481. The average molecular weight is 555 g/mol. The average Bonchev–Trinajstić information content (AvgIpc) is 2.63. The molecule has 0 aliphatic heterocycles. The molecule has 3 aromatic rings. The van der Waals surface area contributed by atoms with Gasteiger partial charge < -0.3 is 0 Å². The van der Waals surface area contributed by atoms with Gasteiger partial charge in [-0.15, -0.1) is 0 Å². The van der Waals surface area contributed by atoms with Crippen LogP contribution in [0.2, 0.25) is 14.5 Å². The molecule has 0 bridgehead atoms. The fourth-order valence-corrected chi connectivity index (χ4v) is 22.0. The molecule has 0 nitrogen and oxygen atoms in total. The van der Waals surface area contributed by atoms with Gasteiger partial charge >= 0.3 is 177 Å². The molecule has 26 heavy (non-hydrogen) atoms. The predicted molar refractivity (Wildman–Crippen MR) is 121 cm³/mol. The quantitative estimate of drug-likeness (QED) is 0.319. The number of hydrogen-bond donors (Lipinski definition) is 0. The monoisotopic (exact) mass is 554 g/mol. The Balaban J connectivity index is 2.08. The van der Waals surface area contributed by atoms with Gasteiger partial charge in [-0.05, 0) is 0 Å². The molecule has 0 amide bonds. The molecule has 134 valence electrons. The van der Waals surface area contributed by atoms with Crippen LogP contribution in [0.3, 0.4) is 0 Å². The van der Waals surface area contributed by atoms with Gasteiger partial charge in [0.1, 0.15) is 0 Å². The van der Waals surface area contributed by atoms with E-state index in [-0.39, 0.29) is 5.41 Å². The Morgan fingerprint density at radius 1 is 0.731 bits per heavy atom. The molecule has 0 saturated carbocycles. The summed E-state index contributed by atoms with van der Waals surface area (Å²) in [5.74, 6) is 0. The molecule has 0 N–H and O–H groups in total. The normalized spacial score (nSPS) is 12.2. The standard InChI is InChI=1S/C10H13.2C6H4Cl.BrH.Sn/c1-10(2,3)9-7-5-4-6-8-9;2*7-6-4-2-1-3-5-6;;/h4-8H,1H2,2-3H3;2*2-5H;1H;/q;;;;+1/p-1. The first-order chi connectivity index (χ1) is 12.3. The summed E-state index contributed by atoms with van der Waals surface area (Å²) in [6, 6.07) is 27.5. The van der Waals surface area contributed by atoms with E-state index in [4.69, 9.17) is 23.2 Å². The van der Waals surface area contributed by atoms with E-state index in [9.17, 15) is 0 Å². The van der Waals surface area contributed by atoms with Crippen LogP contribution in [-0.4, -0.2) is 16.2 Å². The van der Waals surface area contributed by atoms with Crippen molar-refractivity contribution in [2.24, 2.45) is 0 Å². The van der Waals surface area contributed by atoms with Gasteiger partial charge in [-0.1, -0.05) is 0 Å². The maximum absolute atomic E-state index is 6.15. The molecule has 0 radical (unpaired) electrons. The zero-order valence-electron chi connectivity index (χ0n) is 14.8. The van der Waals surface area contributed by atoms with E-state index in [1.54, 1.807) is 0 Å². The summed E-state index contributed by atoms with van der Waals surface area (Å²) >= 11 is 13.5. The summed E-state index contributed by atoms with van der Waals surface area (Å²) < 4.78 is 3.86. The molecule has 0 spiro atoms. The van der Waals surface area contributed by atoms with Gasteiger partial charge in [0.25, 0.3) is 0 Å². The summed E-state index contributed by atoms with van der Waals surface area (Å²) in [6.45, 7) is 4.67. The van der Waals surface area contributed by atoms with Crippen molar-refractivity contribution in [3.8, 4) is 0 Å². The first-order valence-electron chi connectivity index (χ1n) is 8.58. The van der Waals surface area contributed by atoms with Gasteiger partial charge in [0, 0.05) is 0 Å². The SMILES string of the molecule is CC(C)([CH2][Sn]([Br])([c]1ccc(Cl)cc1)[c]1ccc(Cl)cc1)c1ccccc1. The minimum atomic E-state index is -3.10. The Bertz CT molecular complexity index is 813. The third-order valence-corrected chi connectivity index (χ3v) is 24.4. The zero-order valence-corrected chi connectivity index (χ0v) is 20.8. The molecular formula is C22H21BrCl2Sn. The van der Waals surface area contributed by atoms with Crippen LogP contribution in [0.15, 0.2) is 78.9 Å². The summed E-state index contributed by atoms with van der Waals surface area (Å²) in [7, 11) is 0. The van der Waals surface area contributed by atoms with E-state index in [1.807, 2.05) is 24.3 Å². The fraction of sp³-hybridized carbons (Fsp3) is 0.182. The minimum absolute atomic E-state index is 0.0557. The predicted octanol–water partition coefficient (Wildman–Crippen LogP) is 6.43. The topological polar surface area (TPSA) is 0 Å². The molecule has 4 heteroatoms. The second kappa shape index (κ2) is 8.26. The van der Waals surface area contributed by atoms with E-state index in [2.05, 4.69) is 81.1 Å². The van der Waals surface area contributed by atoms with Crippen molar-refractivity contribution in [1.29, 1.82) is 0 Å².